The SMILES string of the molecule is Cc1nc2ccc(F)cc2nc1O[C@@H]1C[C@H]2C(=O)N[C@]3(C(=O)NS(=O)(=O)C4(C)CC4)C[C@H]3/C=C\CCCCC[C@H](NC(=O)O)C(=O)N2C1. The van der Waals surface area contributed by atoms with E-state index in [4.69, 9.17) is 4.74 Å². The molecule has 0 bridgehead atoms. The van der Waals surface area contributed by atoms with Crippen LogP contribution in [0.15, 0.2) is 30.4 Å². The molecule has 4 N–H and O–H groups in total. The number of nitrogens with zero attached hydrogens (tertiary/aromatic N) is 3. The van der Waals surface area contributed by atoms with E-state index in [0.717, 1.165) is 6.42 Å². The maximum Gasteiger partial charge on any atom is 0.405 e. The van der Waals surface area contributed by atoms with Gasteiger partial charge >= 0.3 is 6.09 Å². The van der Waals surface area contributed by atoms with Crippen LogP contribution in [0.25, 0.3) is 11.0 Å². The van der Waals surface area contributed by atoms with Gasteiger partial charge in [0.15, 0.2) is 0 Å². The molecule has 4 aliphatic rings. The quantitative estimate of drug-likeness (QED) is 0.328. The second-order valence-corrected chi connectivity index (χ2v) is 15.6. The third-order valence-corrected chi connectivity index (χ3v) is 12.0. The van der Waals surface area contributed by atoms with Crippen molar-refractivity contribution < 1.29 is 41.8 Å². The van der Waals surface area contributed by atoms with E-state index in [1.165, 1.54) is 23.1 Å². The summed E-state index contributed by atoms with van der Waals surface area (Å²) in [6, 6.07) is 1.63. The molecule has 4 amide bonds. The number of allylic oxidation sites excluding steroid dienone is 1. The Morgan fingerprint density at radius 3 is 2.65 bits per heavy atom. The molecule has 14 nitrogen and oxygen atoms in total. The summed E-state index contributed by atoms with van der Waals surface area (Å²) < 4.78 is 47.2. The molecule has 2 saturated carbocycles. The summed E-state index contributed by atoms with van der Waals surface area (Å²) in [5, 5.41) is 14.6. The van der Waals surface area contributed by atoms with Crippen molar-refractivity contribution in [2.45, 2.75) is 100 Å². The largest absolute Gasteiger partial charge is 0.471 e. The molecule has 1 saturated heterocycles. The molecule has 3 fully saturated rings. The van der Waals surface area contributed by atoms with E-state index in [2.05, 4.69) is 25.3 Å². The minimum atomic E-state index is -4.00. The van der Waals surface area contributed by atoms with Crippen molar-refractivity contribution in [1.82, 2.24) is 30.2 Å². The minimum Gasteiger partial charge on any atom is -0.471 e. The molecule has 48 heavy (non-hydrogen) atoms. The molecular formula is C32H39FN6O8S. The Hall–Kier alpha value is -4.34. The van der Waals surface area contributed by atoms with E-state index in [1.807, 2.05) is 12.2 Å². The van der Waals surface area contributed by atoms with E-state index in [0.29, 0.717) is 43.3 Å². The van der Waals surface area contributed by atoms with Crippen LogP contribution in [0.3, 0.4) is 0 Å². The van der Waals surface area contributed by atoms with Crippen molar-refractivity contribution in [3.63, 3.8) is 0 Å². The molecule has 2 aromatic rings. The standard InChI is InChI=1S/C32H39FN6O8S/c1-18-27(35-24-14-20(33)10-11-22(24)34-18)47-21-15-25-26(40)37-32(29(42)38-48(45,46)31(2)12-13-31)16-19(32)8-6-4-3-5-7-9-23(36-30(43)44)28(41)39(25)17-21/h6,8,10-11,14,19,21,23,25,36H,3-5,7,9,12-13,15-17H2,1-2H3,(H,37,40)(H,38,42)(H,43,44)/b8-6-/t19-,21-,23+,25+,32-/m1/s1. The van der Waals surface area contributed by atoms with Gasteiger partial charge < -0.3 is 25.4 Å². The Labute approximate surface area is 276 Å². The highest BCUT2D eigenvalue weighted by Crippen LogP contribution is 2.47. The van der Waals surface area contributed by atoms with Crippen LogP contribution in [0.4, 0.5) is 9.18 Å². The van der Waals surface area contributed by atoms with Crippen LogP contribution in [0.5, 0.6) is 5.88 Å². The van der Waals surface area contributed by atoms with E-state index >= 15 is 0 Å². The molecular weight excluding hydrogens is 647 g/mol. The lowest BCUT2D eigenvalue weighted by Gasteiger charge is -2.29. The smallest absolute Gasteiger partial charge is 0.405 e. The van der Waals surface area contributed by atoms with Crippen LogP contribution >= 0.6 is 0 Å². The van der Waals surface area contributed by atoms with Crippen LogP contribution < -0.4 is 20.1 Å². The highest BCUT2D eigenvalue weighted by Gasteiger charge is 2.63. The number of carbonyl (C=O) groups is 4. The van der Waals surface area contributed by atoms with Crippen molar-refractivity contribution in [2.75, 3.05) is 6.54 Å². The number of carbonyl (C=O) groups excluding carboxylic acids is 3. The van der Waals surface area contributed by atoms with Gasteiger partial charge in [0.05, 0.1) is 22.3 Å². The second-order valence-electron chi connectivity index (χ2n) is 13.5. The zero-order valence-electron chi connectivity index (χ0n) is 26.7. The number of nitrogens with one attached hydrogen (secondary N) is 3. The van der Waals surface area contributed by atoms with Gasteiger partial charge in [0, 0.05) is 18.4 Å². The molecule has 2 aliphatic heterocycles. The number of sulfonamides is 1. The lowest BCUT2D eigenvalue weighted by molar-refractivity contribution is -0.141. The number of halogens is 1. The number of amides is 4. The van der Waals surface area contributed by atoms with Crippen molar-refractivity contribution >= 4 is 44.9 Å². The average Bonchev–Trinajstić information content (AvgIpc) is 3.90. The number of carboxylic acid groups (broad SMARTS) is 1. The molecule has 16 heteroatoms. The van der Waals surface area contributed by atoms with Gasteiger partial charge in [-0.2, -0.15) is 0 Å². The Balaban J connectivity index is 1.30. The van der Waals surface area contributed by atoms with Crippen LogP contribution in [-0.4, -0.2) is 87.2 Å². The Kier molecular flexibility index (Phi) is 8.81. The minimum absolute atomic E-state index is 0.0474. The molecule has 5 atom stereocenters. The summed E-state index contributed by atoms with van der Waals surface area (Å²) in [5.74, 6) is -3.08. The molecule has 3 heterocycles. The summed E-state index contributed by atoms with van der Waals surface area (Å²) in [6.07, 6.45) is 5.32. The summed E-state index contributed by atoms with van der Waals surface area (Å²) in [6.45, 7) is 3.09. The first kappa shape index (κ1) is 33.6. The number of aromatic nitrogens is 2. The molecule has 6 rings (SSSR count). The maximum absolute atomic E-state index is 14.1. The van der Waals surface area contributed by atoms with Gasteiger partial charge in [-0.25, -0.2) is 27.6 Å². The zero-order valence-corrected chi connectivity index (χ0v) is 27.5. The fourth-order valence-corrected chi connectivity index (χ4v) is 7.78. The number of aryl methyl sites for hydroxylation is 1. The number of hydrogen-bond acceptors (Lipinski definition) is 9. The molecule has 1 aromatic carbocycles. The highest BCUT2D eigenvalue weighted by atomic mass is 32.2. The first-order valence-electron chi connectivity index (χ1n) is 16.2. The molecule has 2 aliphatic carbocycles. The normalized spacial score (nSPS) is 29.4. The van der Waals surface area contributed by atoms with Crippen molar-refractivity contribution in [1.29, 1.82) is 0 Å². The van der Waals surface area contributed by atoms with Gasteiger partial charge in [-0.3, -0.25) is 19.1 Å². The number of fused-ring (bicyclic) bond motifs is 3. The summed E-state index contributed by atoms with van der Waals surface area (Å²) >= 11 is 0. The lowest BCUT2D eigenvalue weighted by atomic mass is 10.1. The third kappa shape index (κ3) is 6.66. The van der Waals surface area contributed by atoms with E-state index in [9.17, 15) is 37.1 Å². The Morgan fingerprint density at radius 1 is 1.15 bits per heavy atom. The average molecular weight is 687 g/mol. The first-order valence-corrected chi connectivity index (χ1v) is 17.7. The number of benzene rings is 1. The van der Waals surface area contributed by atoms with Gasteiger partial charge in [0.1, 0.15) is 35.2 Å². The van der Waals surface area contributed by atoms with E-state index in [-0.39, 0.29) is 37.2 Å². The summed E-state index contributed by atoms with van der Waals surface area (Å²) in [4.78, 5) is 63.4. The van der Waals surface area contributed by atoms with Gasteiger partial charge in [0.25, 0.3) is 5.91 Å². The number of hydrogen-bond donors (Lipinski definition) is 4. The van der Waals surface area contributed by atoms with E-state index < -0.39 is 74.0 Å². The predicted octanol–water partition coefficient (Wildman–Crippen LogP) is 2.46. The molecule has 258 valence electrons. The van der Waals surface area contributed by atoms with Crippen LogP contribution in [0.1, 0.15) is 70.4 Å². The zero-order chi connectivity index (χ0) is 34.4. The van der Waals surface area contributed by atoms with Gasteiger partial charge in [0.2, 0.25) is 27.7 Å². The summed E-state index contributed by atoms with van der Waals surface area (Å²) in [5.41, 5.74) is -0.456. The number of ether oxygens (including phenoxy) is 1. The van der Waals surface area contributed by atoms with Crippen LogP contribution in [0, 0.1) is 18.7 Å². The highest BCUT2D eigenvalue weighted by molar-refractivity contribution is 7.91. The molecule has 1 aromatic heterocycles. The molecule has 0 spiro atoms. The second kappa shape index (κ2) is 12.6. The molecule has 0 unspecified atom stereocenters. The maximum atomic E-state index is 14.1. The van der Waals surface area contributed by atoms with Crippen molar-refractivity contribution in [2.24, 2.45) is 5.92 Å². The lowest BCUT2D eigenvalue weighted by Crippen LogP contribution is -2.58. The Morgan fingerprint density at radius 2 is 1.92 bits per heavy atom. The van der Waals surface area contributed by atoms with Crippen molar-refractivity contribution in [3.05, 3.63) is 41.9 Å². The third-order valence-electron chi connectivity index (χ3n) is 9.81. The fraction of sp³-hybridized carbons (Fsp3) is 0.562. The van der Waals surface area contributed by atoms with E-state index in [1.54, 1.807) is 13.8 Å². The van der Waals surface area contributed by atoms with Crippen LogP contribution in [0.2, 0.25) is 0 Å². The van der Waals surface area contributed by atoms with Gasteiger partial charge in [-0.1, -0.05) is 25.0 Å². The fourth-order valence-electron chi connectivity index (χ4n) is 6.46. The monoisotopic (exact) mass is 686 g/mol. The van der Waals surface area contributed by atoms with Crippen LogP contribution in [-0.2, 0) is 24.4 Å². The Bertz CT molecular complexity index is 1800. The van der Waals surface area contributed by atoms with Crippen molar-refractivity contribution in [3.8, 4) is 5.88 Å². The predicted molar refractivity (Wildman–Crippen MR) is 170 cm³/mol. The number of rotatable bonds is 6. The molecule has 0 radical (unpaired) electrons. The van der Waals surface area contributed by atoms with Gasteiger partial charge in [-0.15, -0.1) is 0 Å². The van der Waals surface area contributed by atoms with Gasteiger partial charge in [-0.05, 0) is 64.5 Å². The first-order chi connectivity index (χ1) is 22.7. The topological polar surface area (TPSA) is 197 Å². The summed E-state index contributed by atoms with van der Waals surface area (Å²) in [7, 11) is -4.00.